The van der Waals surface area contributed by atoms with Gasteiger partial charge in [-0.3, -0.25) is 0 Å². The first-order valence-electron chi connectivity index (χ1n) is 7.19. The lowest BCUT2D eigenvalue weighted by molar-refractivity contribution is 0.0725. The fraction of sp³-hybridized carbons (Fsp3) is 0.500. The van der Waals surface area contributed by atoms with Crippen molar-refractivity contribution < 1.29 is 9.13 Å². The molecule has 0 spiro atoms. The molecule has 2 aliphatic rings. The Morgan fingerprint density at radius 1 is 1.29 bits per heavy atom. The molecule has 7 heteroatoms. The number of hydrogen-bond acceptors (Lipinski definition) is 5. The number of halogens is 1. The number of rotatable bonds is 3. The highest BCUT2D eigenvalue weighted by Gasteiger charge is 2.43. The first kappa shape index (κ1) is 12.7. The van der Waals surface area contributed by atoms with Crippen LogP contribution in [0.3, 0.4) is 0 Å². The van der Waals surface area contributed by atoms with Crippen LogP contribution in [0, 0.1) is 11.7 Å². The summed E-state index contributed by atoms with van der Waals surface area (Å²) in [5.74, 6) is 0.753. The summed E-state index contributed by atoms with van der Waals surface area (Å²) in [4.78, 5) is 0. The summed E-state index contributed by atoms with van der Waals surface area (Å²) in [6.07, 6.45) is 3.41. The maximum Gasteiger partial charge on any atom is 0.184 e. The highest BCUT2D eigenvalue weighted by Crippen LogP contribution is 2.44. The second-order valence-electron chi connectivity index (χ2n) is 5.71. The molecule has 1 saturated heterocycles. The van der Waals surface area contributed by atoms with Crippen LogP contribution in [0.1, 0.15) is 25.3 Å². The molecule has 2 fully saturated rings. The number of anilines is 1. The average molecular weight is 289 g/mol. The van der Waals surface area contributed by atoms with Gasteiger partial charge in [0.05, 0.1) is 12.1 Å². The van der Waals surface area contributed by atoms with E-state index in [4.69, 9.17) is 10.5 Å². The van der Waals surface area contributed by atoms with Crippen molar-refractivity contribution in [3.63, 3.8) is 0 Å². The van der Waals surface area contributed by atoms with E-state index in [1.54, 1.807) is 4.68 Å². The van der Waals surface area contributed by atoms with Crippen molar-refractivity contribution in [1.82, 2.24) is 20.2 Å². The minimum Gasteiger partial charge on any atom is -0.398 e. The molecule has 0 amide bonds. The molecule has 2 unspecified atom stereocenters. The van der Waals surface area contributed by atoms with Crippen LogP contribution in [0.4, 0.5) is 10.1 Å². The number of ether oxygens (including phenoxy) is 1. The smallest absolute Gasteiger partial charge is 0.184 e. The summed E-state index contributed by atoms with van der Waals surface area (Å²) in [7, 11) is 0. The maximum absolute atomic E-state index is 13.5. The van der Waals surface area contributed by atoms with E-state index < -0.39 is 0 Å². The minimum atomic E-state index is -0.352. The number of tetrazole rings is 1. The number of nitrogens with two attached hydrogens (primary N) is 1. The molecule has 0 radical (unpaired) electrons. The summed E-state index contributed by atoms with van der Waals surface area (Å²) in [5.41, 5.74) is 6.94. The average Bonchev–Trinajstić information content (AvgIpc) is 3.02. The van der Waals surface area contributed by atoms with Gasteiger partial charge < -0.3 is 10.5 Å². The topological polar surface area (TPSA) is 78.9 Å². The molecule has 1 aliphatic heterocycles. The summed E-state index contributed by atoms with van der Waals surface area (Å²) in [6, 6.07) is 4.34. The van der Waals surface area contributed by atoms with E-state index in [0.717, 1.165) is 6.42 Å². The summed E-state index contributed by atoms with van der Waals surface area (Å²) in [5, 5.41) is 11.9. The molecular formula is C14H16FN5O. The van der Waals surface area contributed by atoms with Gasteiger partial charge in [0.2, 0.25) is 0 Å². The molecule has 1 aromatic heterocycles. The molecule has 21 heavy (non-hydrogen) atoms. The van der Waals surface area contributed by atoms with Gasteiger partial charge in [-0.2, -0.15) is 0 Å². The number of hydrogen-bond donors (Lipinski definition) is 1. The van der Waals surface area contributed by atoms with Crippen LogP contribution >= 0.6 is 0 Å². The molecule has 1 saturated carbocycles. The molecule has 2 heterocycles. The third kappa shape index (κ3) is 2.17. The lowest BCUT2D eigenvalue weighted by Gasteiger charge is -2.19. The second kappa shape index (κ2) is 4.77. The Bertz CT molecular complexity index is 669. The quantitative estimate of drug-likeness (QED) is 0.872. The Morgan fingerprint density at radius 3 is 2.95 bits per heavy atom. The Labute approximate surface area is 121 Å². The molecular weight excluding hydrogens is 273 g/mol. The van der Waals surface area contributed by atoms with Gasteiger partial charge in [-0.15, -0.1) is 5.10 Å². The molecule has 6 nitrogen and oxygen atoms in total. The number of nitrogens with zero attached hydrogens (tertiary/aromatic N) is 4. The normalized spacial score (nSPS) is 25.4. The van der Waals surface area contributed by atoms with Crippen LogP contribution in [0.25, 0.3) is 11.4 Å². The largest absolute Gasteiger partial charge is 0.398 e. The summed E-state index contributed by atoms with van der Waals surface area (Å²) >= 11 is 0. The van der Waals surface area contributed by atoms with Gasteiger partial charge in [-0.05, 0) is 53.8 Å². The zero-order chi connectivity index (χ0) is 14.4. The van der Waals surface area contributed by atoms with Crippen molar-refractivity contribution in [3.8, 4) is 11.4 Å². The van der Waals surface area contributed by atoms with E-state index in [0.29, 0.717) is 29.6 Å². The Hall–Kier alpha value is -2.02. The van der Waals surface area contributed by atoms with Gasteiger partial charge in [0.25, 0.3) is 0 Å². The van der Waals surface area contributed by atoms with E-state index in [1.165, 1.54) is 31.0 Å². The SMILES string of the molecule is Nc1ccc(F)cc1-c1nnnn1C1CCOC1C1CC1. The summed E-state index contributed by atoms with van der Waals surface area (Å²) in [6.45, 7) is 0.712. The molecule has 110 valence electrons. The fourth-order valence-electron chi connectivity index (χ4n) is 3.05. The number of nitrogen functional groups attached to an aromatic ring is 1. The van der Waals surface area contributed by atoms with Crippen molar-refractivity contribution >= 4 is 5.69 Å². The van der Waals surface area contributed by atoms with Gasteiger partial charge in [0.15, 0.2) is 5.82 Å². The van der Waals surface area contributed by atoms with Gasteiger partial charge >= 0.3 is 0 Å². The predicted octanol–water partition coefficient (Wildman–Crippen LogP) is 1.80. The van der Waals surface area contributed by atoms with E-state index >= 15 is 0 Å². The third-order valence-electron chi connectivity index (χ3n) is 4.25. The van der Waals surface area contributed by atoms with Gasteiger partial charge in [0, 0.05) is 17.9 Å². The Balaban J connectivity index is 1.75. The van der Waals surface area contributed by atoms with Gasteiger partial charge in [0.1, 0.15) is 5.82 Å². The Morgan fingerprint density at radius 2 is 2.14 bits per heavy atom. The van der Waals surface area contributed by atoms with Crippen LogP contribution in [0.2, 0.25) is 0 Å². The lowest BCUT2D eigenvalue weighted by atomic mass is 10.1. The molecule has 2 atom stereocenters. The standard InChI is InChI=1S/C14H16FN5O/c15-9-3-4-11(16)10(7-9)14-17-18-19-20(14)12-5-6-21-13(12)8-1-2-8/h3-4,7-8,12-13H,1-2,5-6,16H2. The second-order valence-corrected chi connectivity index (χ2v) is 5.71. The highest BCUT2D eigenvalue weighted by atomic mass is 19.1. The fourth-order valence-corrected chi connectivity index (χ4v) is 3.05. The number of benzene rings is 1. The molecule has 0 bridgehead atoms. The summed E-state index contributed by atoms with van der Waals surface area (Å²) < 4.78 is 21.1. The zero-order valence-corrected chi connectivity index (χ0v) is 11.4. The van der Waals surface area contributed by atoms with Crippen molar-refractivity contribution in [1.29, 1.82) is 0 Å². The zero-order valence-electron chi connectivity index (χ0n) is 11.4. The molecule has 4 rings (SSSR count). The van der Waals surface area contributed by atoms with Gasteiger partial charge in [-0.1, -0.05) is 0 Å². The van der Waals surface area contributed by atoms with E-state index in [2.05, 4.69) is 15.5 Å². The molecule has 2 aromatic rings. The first-order chi connectivity index (χ1) is 10.2. The molecule has 1 aliphatic carbocycles. The van der Waals surface area contributed by atoms with Crippen LogP contribution in [0.15, 0.2) is 18.2 Å². The first-order valence-corrected chi connectivity index (χ1v) is 7.19. The van der Waals surface area contributed by atoms with E-state index in [-0.39, 0.29) is 18.0 Å². The van der Waals surface area contributed by atoms with Crippen molar-refractivity contribution in [2.45, 2.75) is 31.4 Å². The molecule has 1 aromatic carbocycles. The Kier molecular flexibility index (Phi) is 2.88. The lowest BCUT2D eigenvalue weighted by Crippen LogP contribution is -2.24. The van der Waals surface area contributed by atoms with E-state index in [9.17, 15) is 4.39 Å². The van der Waals surface area contributed by atoms with Crippen molar-refractivity contribution in [3.05, 3.63) is 24.0 Å². The minimum absolute atomic E-state index is 0.102. The van der Waals surface area contributed by atoms with Crippen LogP contribution in [-0.4, -0.2) is 32.9 Å². The number of aromatic nitrogens is 4. The van der Waals surface area contributed by atoms with Gasteiger partial charge in [-0.25, -0.2) is 9.07 Å². The van der Waals surface area contributed by atoms with E-state index in [1.807, 2.05) is 0 Å². The maximum atomic E-state index is 13.5. The predicted molar refractivity (Wildman–Crippen MR) is 73.7 cm³/mol. The highest BCUT2D eigenvalue weighted by molar-refractivity contribution is 5.71. The monoisotopic (exact) mass is 289 g/mol. The van der Waals surface area contributed by atoms with Crippen LogP contribution < -0.4 is 5.73 Å². The van der Waals surface area contributed by atoms with Crippen LogP contribution in [-0.2, 0) is 4.74 Å². The third-order valence-corrected chi connectivity index (χ3v) is 4.25. The molecule has 2 N–H and O–H groups in total. The van der Waals surface area contributed by atoms with Crippen LogP contribution in [0.5, 0.6) is 0 Å². The van der Waals surface area contributed by atoms with Crippen molar-refractivity contribution in [2.75, 3.05) is 12.3 Å². The van der Waals surface area contributed by atoms with Crippen molar-refractivity contribution in [2.24, 2.45) is 5.92 Å².